The lowest BCUT2D eigenvalue weighted by atomic mass is 10.3. The average Bonchev–Trinajstić information content (AvgIpc) is 2.50. The van der Waals surface area contributed by atoms with Crippen molar-refractivity contribution in [3.63, 3.8) is 0 Å². The van der Waals surface area contributed by atoms with Gasteiger partial charge in [-0.05, 0) is 19.1 Å². The summed E-state index contributed by atoms with van der Waals surface area (Å²) in [6.07, 6.45) is 1.56. The number of ether oxygens (including phenoxy) is 2. The molecule has 0 unspecified atom stereocenters. The normalized spacial score (nSPS) is 10.2. The molecule has 2 aromatic rings. The third kappa shape index (κ3) is 4.57. The van der Waals surface area contributed by atoms with Crippen molar-refractivity contribution in [2.24, 2.45) is 0 Å². The Bertz CT molecular complexity index is 565. The highest BCUT2D eigenvalue weighted by atomic mass is 16.5. The van der Waals surface area contributed by atoms with Crippen LogP contribution in [0.1, 0.15) is 6.92 Å². The van der Waals surface area contributed by atoms with E-state index in [0.717, 1.165) is 11.4 Å². The Labute approximate surface area is 123 Å². The van der Waals surface area contributed by atoms with Gasteiger partial charge < -0.3 is 20.1 Å². The van der Waals surface area contributed by atoms with Gasteiger partial charge in [0.05, 0.1) is 25.1 Å². The molecule has 21 heavy (non-hydrogen) atoms. The van der Waals surface area contributed by atoms with Crippen molar-refractivity contribution in [2.75, 3.05) is 37.5 Å². The topological polar surface area (TPSA) is 81.2 Å². The van der Waals surface area contributed by atoms with Gasteiger partial charge in [-0.3, -0.25) is 0 Å². The number of methoxy groups -OCH3 is 1. The SMILES string of the molecule is CCOc1ccccc1Nc1cnnc(NCCOC)n1. The van der Waals surface area contributed by atoms with Gasteiger partial charge in [-0.25, -0.2) is 0 Å². The van der Waals surface area contributed by atoms with Crippen LogP contribution in [-0.4, -0.2) is 42.0 Å². The minimum absolute atomic E-state index is 0.450. The predicted octanol–water partition coefficient (Wildman–Crippen LogP) is 2.07. The van der Waals surface area contributed by atoms with Crippen LogP contribution in [0.15, 0.2) is 30.5 Å². The molecule has 1 aromatic heterocycles. The zero-order chi connectivity index (χ0) is 14.9. The van der Waals surface area contributed by atoms with Gasteiger partial charge in [-0.2, -0.15) is 10.1 Å². The van der Waals surface area contributed by atoms with Crippen LogP contribution in [0.25, 0.3) is 0 Å². The number of nitrogens with one attached hydrogen (secondary N) is 2. The lowest BCUT2D eigenvalue weighted by molar-refractivity contribution is 0.210. The number of benzene rings is 1. The molecule has 2 N–H and O–H groups in total. The van der Waals surface area contributed by atoms with Crippen molar-refractivity contribution in [2.45, 2.75) is 6.92 Å². The molecule has 1 aromatic carbocycles. The largest absolute Gasteiger partial charge is 0.492 e. The summed E-state index contributed by atoms with van der Waals surface area (Å²) in [5.74, 6) is 1.82. The van der Waals surface area contributed by atoms with E-state index in [2.05, 4.69) is 25.8 Å². The number of nitrogens with zero attached hydrogens (tertiary/aromatic N) is 3. The molecule has 0 atom stereocenters. The van der Waals surface area contributed by atoms with Gasteiger partial charge in [0.15, 0.2) is 5.82 Å². The fourth-order valence-corrected chi connectivity index (χ4v) is 1.69. The Morgan fingerprint density at radius 2 is 2.10 bits per heavy atom. The Balaban J connectivity index is 2.07. The zero-order valence-corrected chi connectivity index (χ0v) is 12.2. The first-order chi connectivity index (χ1) is 10.3. The van der Waals surface area contributed by atoms with E-state index >= 15 is 0 Å². The second-order valence-corrected chi connectivity index (χ2v) is 4.14. The quantitative estimate of drug-likeness (QED) is 0.720. The van der Waals surface area contributed by atoms with E-state index in [0.29, 0.717) is 31.5 Å². The number of hydrogen-bond donors (Lipinski definition) is 2. The maximum absolute atomic E-state index is 5.56. The molecule has 0 bridgehead atoms. The van der Waals surface area contributed by atoms with E-state index in [-0.39, 0.29) is 0 Å². The van der Waals surface area contributed by atoms with E-state index in [4.69, 9.17) is 9.47 Å². The number of anilines is 3. The Kier molecular flexibility index (Phi) is 5.71. The molecule has 0 aliphatic heterocycles. The van der Waals surface area contributed by atoms with E-state index in [1.165, 1.54) is 0 Å². The van der Waals surface area contributed by atoms with Crippen LogP contribution < -0.4 is 15.4 Å². The summed E-state index contributed by atoms with van der Waals surface area (Å²) < 4.78 is 10.5. The molecule has 7 heteroatoms. The van der Waals surface area contributed by atoms with Gasteiger partial charge in [0.2, 0.25) is 5.95 Å². The molecule has 1 heterocycles. The molecule has 112 valence electrons. The highest BCUT2D eigenvalue weighted by molar-refractivity contribution is 5.63. The molecular formula is C14H19N5O2. The second kappa shape index (κ2) is 8.01. The second-order valence-electron chi connectivity index (χ2n) is 4.14. The fourth-order valence-electron chi connectivity index (χ4n) is 1.69. The summed E-state index contributed by atoms with van der Waals surface area (Å²) in [6, 6.07) is 7.67. The summed E-state index contributed by atoms with van der Waals surface area (Å²) in [4.78, 5) is 4.33. The van der Waals surface area contributed by atoms with Crippen molar-refractivity contribution in [1.82, 2.24) is 15.2 Å². The summed E-state index contributed by atoms with van der Waals surface area (Å²) >= 11 is 0. The van der Waals surface area contributed by atoms with Crippen LogP contribution in [-0.2, 0) is 4.74 Å². The molecule has 7 nitrogen and oxygen atoms in total. The minimum atomic E-state index is 0.450. The van der Waals surface area contributed by atoms with Crippen molar-refractivity contribution < 1.29 is 9.47 Å². The third-order valence-electron chi connectivity index (χ3n) is 2.60. The van der Waals surface area contributed by atoms with Crippen LogP contribution in [0.2, 0.25) is 0 Å². The average molecular weight is 289 g/mol. The summed E-state index contributed by atoms with van der Waals surface area (Å²) in [5.41, 5.74) is 0.836. The smallest absolute Gasteiger partial charge is 0.244 e. The van der Waals surface area contributed by atoms with Crippen LogP contribution in [0.5, 0.6) is 5.75 Å². The van der Waals surface area contributed by atoms with Crippen molar-refractivity contribution in [1.29, 1.82) is 0 Å². The number of aromatic nitrogens is 3. The number of para-hydroxylation sites is 2. The molecular weight excluding hydrogens is 270 g/mol. The summed E-state index contributed by atoms with van der Waals surface area (Å²) in [5, 5.41) is 14.0. The number of rotatable bonds is 8. The molecule has 0 saturated carbocycles. The van der Waals surface area contributed by atoms with Gasteiger partial charge in [0.1, 0.15) is 5.75 Å². The van der Waals surface area contributed by atoms with E-state index < -0.39 is 0 Å². The molecule has 2 rings (SSSR count). The van der Waals surface area contributed by atoms with Gasteiger partial charge in [0.25, 0.3) is 0 Å². The van der Waals surface area contributed by atoms with Crippen LogP contribution in [0.4, 0.5) is 17.5 Å². The maximum atomic E-state index is 5.56. The predicted molar refractivity (Wildman–Crippen MR) is 81.1 cm³/mol. The number of hydrogen-bond acceptors (Lipinski definition) is 7. The van der Waals surface area contributed by atoms with E-state index in [9.17, 15) is 0 Å². The molecule has 0 saturated heterocycles. The third-order valence-corrected chi connectivity index (χ3v) is 2.60. The molecule has 0 fully saturated rings. The van der Waals surface area contributed by atoms with Gasteiger partial charge in [-0.15, -0.1) is 5.10 Å². The van der Waals surface area contributed by atoms with Gasteiger partial charge in [0, 0.05) is 13.7 Å². The monoisotopic (exact) mass is 289 g/mol. The Morgan fingerprint density at radius 1 is 1.24 bits per heavy atom. The zero-order valence-electron chi connectivity index (χ0n) is 12.2. The molecule has 0 amide bonds. The first-order valence-corrected chi connectivity index (χ1v) is 6.75. The van der Waals surface area contributed by atoms with Crippen LogP contribution in [0, 0.1) is 0 Å². The van der Waals surface area contributed by atoms with Crippen molar-refractivity contribution >= 4 is 17.5 Å². The summed E-state index contributed by atoms with van der Waals surface area (Å²) in [7, 11) is 1.64. The standard InChI is InChI=1S/C14H19N5O2/c1-3-21-12-7-5-4-6-11(12)17-13-10-16-19-14(18-13)15-8-9-20-2/h4-7,10H,3,8-9H2,1-2H3,(H2,15,17,18,19). The van der Waals surface area contributed by atoms with E-state index in [1.807, 2.05) is 31.2 Å². The van der Waals surface area contributed by atoms with E-state index in [1.54, 1.807) is 13.3 Å². The highest BCUT2D eigenvalue weighted by Gasteiger charge is 2.05. The van der Waals surface area contributed by atoms with Crippen LogP contribution >= 0.6 is 0 Å². The first kappa shape index (κ1) is 15.0. The molecule has 0 spiro atoms. The van der Waals surface area contributed by atoms with Crippen LogP contribution in [0.3, 0.4) is 0 Å². The first-order valence-electron chi connectivity index (χ1n) is 6.75. The van der Waals surface area contributed by atoms with Gasteiger partial charge >= 0.3 is 0 Å². The van der Waals surface area contributed by atoms with Crippen molar-refractivity contribution in [3.05, 3.63) is 30.5 Å². The lowest BCUT2D eigenvalue weighted by Crippen LogP contribution is -2.11. The Hall–Kier alpha value is -2.41. The highest BCUT2D eigenvalue weighted by Crippen LogP contribution is 2.26. The van der Waals surface area contributed by atoms with Gasteiger partial charge in [-0.1, -0.05) is 12.1 Å². The summed E-state index contributed by atoms with van der Waals surface area (Å²) in [6.45, 7) is 3.75. The maximum Gasteiger partial charge on any atom is 0.244 e. The molecule has 0 aliphatic carbocycles. The minimum Gasteiger partial charge on any atom is -0.492 e. The fraction of sp³-hybridized carbons (Fsp3) is 0.357. The molecule has 0 radical (unpaired) electrons. The Morgan fingerprint density at radius 3 is 2.90 bits per heavy atom. The lowest BCUT2D eigenvalue weighted by Gasteiger charge is -2.11. The molecule has 0 aliphatic rings. The van der Waals surface area contributed by atoms with Crippen molar-refractivity contribution in [3.8, 4) is 5.75 Å².